The van der Waals surface area contributed by atoms with E-state index >= 15 is 0 Å². The second-order valence-corrected chi connectivity index (χ2v) is 11.9. The lowest BCUT2D eigenvalue weighted by molar-refractivity contribution is -0.133. The fourth-order valence-corrected chi connectivity index (χ4v) is 4.93. The van der Waals surface area contributed by atoms with Crippen LogP contribution in [-0.4, -0.2) is 63.4 Å². The van der Waals surface area contributed by atoms with Crippen molar-refractivity contribution >= 4 is 23.5 Å². The molecular weight excluding hydrogens is 570 g/mol. The van der Waals surface area contributed by atoms with E-state index in [-0.39, 0.29) is 30.5 Å². The third-order valence-electron chi connectivity index (χ3n) is 7.58. The molecule has 0 saturated carbocycles. The van der Waals surface area contributed by atoms with Crippen LogP contribution in [0.5, 0.6) is 0 Å². The number of halogens is 2. The van der Waals surface area contributed by atoms with Crippen LogP contribution in [0, 0.1) is 17.6 Å². The van der Waals surface area contributed by atoms with Gasteiger partial charge in [-0.2, -0.15) is 0 Å². The first-order valence-electron chi connectivity index (χ1n) is 14.7. The van der Waals surface area contributed by atoms with Gasteiger partial charge in [0.15, 0.2) is 17.5 Å². The molecule has 1 aliphatic rings. The molecule has 3 atom stereocenters. The smallest absolute Gasteiger partial charge is 0.250 e. The van der Waals surface area contributed by atoms with Gasteiger partial charge in [0.2, 0.25) is 11.8 Å². The van der Waals surface area contributed by atoms with Crippen LogP contribution in [-0.2, 0) is 25.7 Å². The number of ether oxygens (including phenoxy) is 1. The number of imidazole rings is 1. The highest BCUT2D eigenvalue weighted by atomic mass is 19.2. The fourth-order valence-electron chi connectivity index (χ4n) is 4.93. The third kappa shape index (κ3) is 8.70. The van der Waals surface area contributed by atoms with E-state index < -0.39 is 41.1 Å². The molecule has 3 aromatic rings. The van der Waals surface area contributed by atoms with Gasteiger partial charge in [-0.1, -0.05) is 43.3 Å². The molecule has 0 bridgehead atoms. The zero-order valence-corrected chi connectivity index (χ0v) is 25.3. The molecule has 12 heteroatoms. The summed E-state index contributed by atoms with van der Waals surface area (Å²) in [6.07, 6.45) is 5.46. The van der Waals surface area contributed by atoms with Crippen LogP contribution in [0.3, 0.4) is 0 Å². The Morgan fingerprint density at radius 1 is 1.09 bits per heavy atom. The Morgan fingerprint density at radius 3 is 2.55 bits per heavy atom. The molecule has 236 valence electrons. The first kappa shape index (κ1) is 32.7. The van der Waals surface area contributed by atoms with Crippen LogP contribution in [0.1, 0.15) is 57.2 Å². The average Bonchev–Trinajstić information content (AvgIpc) is 3.31. The zero-order valence-electron chi connectivity index (χ0n) is 25.3. The van der Waals surface area contributed by atoms with Crippen LogP contribution < -0.4 is 16.4 Å². The summed E-state index contributed by atoms with van der Waals surface area (Å²) in [6, 6.07) is 10.6. The van der Waals surface area contributed by atoms with Gasteiger partial charge in [0.05, 0.1) is 25.1 Å². The number of nitrogens with one attached hydrogen (secondary N) is 2. The van der Waals surface area contributed by atoms with E-state index in [4.69, 9.17) is 10.5 Å². The summed E-state index contributed by atoms with van der Waals surface area (Å²) in [7, 11) is 0. The maximum Gasteiger partial charge on any atom is 0.250 e. The molecule has 1 saturated heterocycles. The van der Waals surface area contributed by atoms with E-state index in [1.165, 1.54) is 37.0 Å². The number of hydrogen-bond donors (Lipinski definition) is 3. The van der Waals surface area contributed by atoms with E-state index in [0.29, 0.717) is 19.0 Å². The quantitative estimate of drug-likeness (QED) is 0.303. The van der Waals surface area contributed by atoms with Crippen molar-refractivity contribution in [3.05, 3.63) is 83.8 Å². The van der Waals surface area contributed by atoms with Gasteiger partial charge in [-0.3, -0.25) is 14.4 Å². The largest absolute Gasteiger partial charge is 0.374 e. The second kappa shape index (κ2) is 14.5. The standard InChI is InChI=1S/C32H40F2N6O4/c1-21-8-7-14-39(15-13-21)30(42)28(23-11-12-24(33)25(34)16-23)40-17-27(36-20-40)38-29(41)26(37-31(43)32(2,3)35)19-44-18-22-9-5-4-6-10-22/h4-6,9-12,16-17,20-21,26,28H,7-8,13-15,18-19,35H2,1-3H3,(H,37,43)(H,38,41)/t21?,26-,28?/m1/s1. The molecule has 4 N–H and O–H groups in total. The van der Waals surface area contributed by atoms with Crippen LogP contribution >= 0.6 is 0 Å². The molecule has 0 aliphatic carbocycles. The summed E-state index contributed by atoms with van der Waals surface area (Å²) in [5.41, 5.74) is 5.82. The number of amides is 3. The van der Waals surface area contributed by atoms with Crippen LogP contribution in [0.25, 0.3) is 0 Å². The highest BCUT2D eigenvalue weighted by Crippen LogP contribution is 2.27. The van der Waals surface area contributed by atoms with Gasteiger partial charge in [-0.15, -0.1) is 0 Å². The minimum absolute atomic E-state index is 0.0918. The highest BCUT2D eigenvalue weighted by Gasteiger charge is 2.31. The zero-order chi connectivity index (χ0) is 31.9. The van der Waals surface area contributed by atoms with E-state index in [1.807, 2.05) is 30.3 Å². The van der Waals surface area contributed by atoms with Crippen molar-refractivity contribution in [2.45, 2.75) is 64.3 Å². The van der Waals surface area contributed by atoms with Gasteiger partial charge in [0.1, 0.15) is 12.1 Å². The van der Waals surface area contributed by atoms with Crippen molar-refractivity contribution in [3.63, 3.8) is 0 Å². The molecule has 44 heavy (non-hydrogen) atoms. The number of nitrogens with two attached hydrogens (primary N) is 1. The van der Waals surface area contributed by atoms with Crippen molar-refractivity contribution in [3.8, 4) is 0 Å². The topological polar surface area (TPSA) is 132 Å². The predicted octanol–water partition coefficient (Wildman–Crippen LogP) is 3.78. The molecule has 0 radical (unpaired) electrons. The Hall–Kier alpha value is -4.16. The summed E-state index contributed by atoms with van der Waals surface area (Å²) in [5.74, 6) is -2.99. The predicted molar refractivity (Wildman–Crippen MR) is 161 cm³/mol. The van der Waals surface area contributed by atoms with Gasteiger partial charge < -0.3 is 30.6 Å². The number of anilines is 1. The lowest BCUT2D eigenvalue weighted by Gasteiger charge is -2.27. The monoisotopic (exact) mass is 610 g/mol. The Labute approximate surface area is 256 Å². The fraction of sp³-hybridized carbons (Fsp3) is 0.438. The van der Waals surface area contributed by atoms with Gasteiger partial charge in [-0.25, -0.2) is 13.8 Å². The van der Waals surface area contributed by atoms with Crippen molar-refractivity contribution in [2.75, 3.05) is 25.0 Å². The lowest BCUT2D eigenvalue weighted by Crippen LogP contribution is -2.56. The Morgan fingerprint density at radius 2 is 1.84 bits per heavy atom. The summed E-state index contributed by atoms with van der Waals surface area (Å²) in [6.45, 7) is 6.34. The number of benzene rings is 2. The van der Waals surface area contributed by atoms with Crippen LogP contribution in [0.15, 0.2) is 61.1 Å². The van der Waals surface area contributed by atoms with E-state index in [9.17, 15) is 23.2 Å². The minimum atomic E-state index is -1.25. The maximum atomic E-state index is 14.3. The number of hydrogen-bond acceptors (Lipinski definition) is 6. The van der Waals surface area contributed by atoms with Crippen molar-refractivity contribution in [1.29, 1.82) is 0 Å². The van der Waals surface area contributed by atoms with Crippen LogP contribution in [0.4, 0.5) is 14.6 Å². The van der Waals surface area contributed by atoms with Gasteiger partial charge in [0.25, 0.3) is 5.91 Å². The molecule has 2 heterocycles. The van der Waals surface area contributed by atoms with E-state index in [2.05, 4.69) is 22.5 Å². The van der Waals surface area contributed by atoms with Crippen LogP contribution in [0.2, 0.25) is 0 Å². The summed E-state index contributed by atoms with van der Waals surface area (Å²) in [5, 5.41) is 5.29. The molecule has 0 spiro atoms. The second-order valence-electron chi connectivity index (χ2n) is 11.9. The van der Waals surface area contributed by atoms with E-state index in [0.717, 1.165) is 37.0 Å². The summed E-state index contributed by atoms with van der Waals surface area (Å²) in [4.78, 5) is 45.8. The van der Waals surface area contributed by atoms with Crippen molar-refractivity contribution in [2.24, 2.45) is 11.7 Å². The normalized spacial score (nSPS) is 17.0. The average molecular weight is 611 g/mol. The molecule has 2 unspecified atom stereocenters. The van der Waals surface area contributed by atoms with E-state index in [1.54, 1.807) is 4.90 Å². The Balaban J connectivity index is 1.54. The lowest BCUT2D eigenvalue weighted by atomic mass is 10.0. The molecule has 1 fully saturated rings. The van der Waals surface area contributed by atoms with Gasteiger partial charge in [0, 0.05) is 19.3 Å². The number of likely N-dealkylation sites (tertiary alicyclic amines) is 1. The molecular formula is C32H40F2N6O4. The number of aromatic nitrogens is 2. The molecule has 10 nitrogen and oxygen atoms in total. The highest BCUT2D eigenvalue weighted by molar-refractivity contribution is 5.98. The Kier molecular flexibility index (Phi) is 10.8. The Bertz CT molecular complexity index is 1440. The SMILES string of the molecule is CC1CCCN(C(=O)C(c2ccc(F)c(F)c2)n2cnc(NC(=O)[C@@H](COCc3ccccc3)NC(=O)C(C)(C)N)c2)CC1. The molecule has 4 rings (SSSR count). The van der Waals surface area contributed by atoms with Crippen molar-refractivity contribution in [1.82, 2.24) is 19.8 Å². The van der Waals surface area contributed by atoms with Gasteiger partial charge >= 0.3 is 0 Å². The summed E-state index contributed by atoms with van der Waals surface area (Å²) < 4.78 is 35.3. The first-order valence-corrected chi connectivity index (χ1v) is 14.7. The first-order chi connectivity index (χ1) is 20.9. The number of carbonyl (C=O) groups excluding carboxylic acids is 3. The number of rotatable bonds is 11. The molecule has 3 amide bonds. The van der Waals surface area contributed by atoms with Crippen molar-refractivity contribution < 1.29 is 27.9 Å². The van der Waals surface area contributed by atoms with Gasteiger partial charge in [-0.05, 0) is 62.3 Å². The molecule has 2 aromatic carbocycles. The molecule has 1 aliphatic heterocycles. The third-order valence-corrected chi connectivity index (χ3v) is 7.58. The minimum Gasteiger partial charge on any atom is -0.374 e. The molecule has 1 aromatic heterocycles. The summed E-state index contributed by atoms with van der Waals surface area (Å²) >= 11 is 0. The number of nitrogens with zero attached hydrogens (tertiary/aromatic N) is 3. The maximum absolute atomic E-state index is 14.3. The number of carbonyl (C=O) groups is 3.